The fraction of sp³-hybridized carbons (Fsp3) is 0.467. The third-order valence-electron chi connectivity index (χ3n) is 4.52. The van der Waals surface area contributed by atoms with E-state index in [0.717, 1.165) is 24.6 Å². The van der Waals surface area contributed by atoms with Gasteiger partial charge in [0.25, 0.3) is 5.78 Å². The minimum atomic E-state index is -4.56. The first-order chi connectivity index (χ1) is 11.9. The van der Waals surface area contributed by atoms with Crippen LogP contribution in [0.3, 0.4) is 0 Å². The SMILES string of the molecule is Cc1c(Nc2cc(C(F)(F)F)nc3ncnn23)cnn1C1CCCC1. The fourth-order valence-electron chi connectivity index (χ4n) is 3.25. The van der Waals surface area contributed by atoms with Crippen LogP contribution in [-0.2, 0) is 6.18 Å². The first-order valence-electron chi connectivity index (χ1n) is 8.02. The van der Waals surface area contributed by atoms with Crippen molar-refractivity contribution in [3.8, 4) is 0 Å². The Balaban J connectivity index is 1.72. The number of alkyl halides is 3. The van der Waals surface area contributed by atoms with Gasteiger partial charge in [0.1, 0.15) is 12.1 Å². The number of aromatic nitrogens is 6. The van der Waals surface area contributed by atoms with Crippen LogP contribution in [0.15, 0.2) is 18.6 Å². The number of fused-ring (bicyclic) bond motifs is 1. The molecule has 3 aromatic heterocycles. The molecule has 10 heteroatoms. The Morgan fingerprint density at radius 3 is 2.68 bits per heavy atom. The van der Waals surface area contributed by atoms with Crippen molar-refractivity contribution in [1.29, 1.82) is 0 Å². The third kappa shape index (κ3) is 2.81. The molecule has 0 saturated heterocycles. The predicted octanol–water partition coefficient (Wildman–Crippen LogP) is 3.51. The average molecular weight is 351 g/mol. The van der Waals surface area contributed by atoms with E-state index < -0.39 is 11.9 Å². The number of rotatable bonds is 3. The first kappa shape index (κ1) is 15.9. The fourth-order valence-corrected chi connectivity index (χ4v) is 3.25. The lowest BCUT2D eigenvalue weighted by Gasteiger charge is -2.14. The minimum absolute atomic E-state index is 0.113. The normalized spacial score (nSPS) is 16.0. The van der Waals surface area contributed by atoms with Gasteiger partial charge in [0.2, 0.25) is 0 Å². The van der Waals surface area contributed by atoms with Gasteiger partial charge < -0.3 is 5.32 Å². The van der Waals surface area contributed by atoms with Crippen LogP contribution < -0.4 is 5.32 Å². The van der Waals surface area contributed by atoms with Crippen LogP contribution in [0.2, 0.25) is 0 Å². The number of anilines is 2. The molecule has 1 saturated carbocycles. The van der Waals surface area contributed by atoms with Crippen LogP contribution in [0, 0.1) is 6.92 Å². The lowest BCUT2D eigenvalue weighted by molar-refractivity contribution is -0.141. The summed E-state index contributed by atoms with van der Waals surface area (Å²) in [6.45, 7) is 1.90. The van der Waals surface area contributed by atoms with Crippen LogP contribution in [0.4, 0.5) is 24.7 Å². The van der Waals surface area contributed by atoms with Gasteiger partial charge in [-0.3, -0.25) is 4.68 Å². The minimum Gasteiger partial charge on any atom is -0.337 e. The molecule has 132 valence electrons. The van der Waals surface area contributed by atoms with Gasteiger partial charge in [-0.2, -0.15) is 32.9 Å². The molecule has 1 N–H and O–H groups in total. The van der Waals surface area contributed by atoms with Gasteiger partial charge in [-0.15, -0.1) is 0 Å². The first-order valence-corrected chi connectivity index (χ1v) is 8.02. The number of nitrogens with zero attached hydrogens (tertiary/aromatic N) is 6. The topological polar surface area (TPSA) is 72.9 Å². The summed E-state index contributed by atoms with van der Waals surface area (Å²) < 4.78 is 42.4. The van der Waals surface area contributed by atoms with Crippen molar-refractivity contribution in [2.75, 3.05) is 5.32 Å². The smallest absolute Gasteiger partial charge is 0.337 e. The van der Waals surface area contributed by atoms with Crippen molar-refractivity contribution in [1.82, 2.24) is 29.4 Å². The number of nitrogens with one attached hydrogen (secondary N) is 1. The molecule has 3 aromatic rings. The summed E-state index contributed by atoms with van der Waals surface area (Å²) in [6.07, 6.45) is 2.72. The van der Waals surface area contributed by atoms with E-state index in [1.54, 1.807) is 6.20 Å². The lowest BCUT2D eigenvalue weighted by atomic mass is 10.2. The molecule has 0 bridgehead atoms. The molecular formula is C15H16F3N7. The van der Waals surface area contributed by atoms with Crippen LogP contribution in [0.25, 0.3) is 5.78 Å². The summed E-state index contributed by atoms with van der Waals surface area (Å²) in [6, 6.07) is 1.28. The Kier molecular flexibility index (Phi) is 3.62. The van der Waals surface area contributed by atoms with E-state index in [2.05, 4.69) is 25.5 Å². The second-order valence-electron chi connectivity index (χ2n) is 6.15. The molecule has 1 aliphatic carbocycles. The highest BCUT2D eigenvalue weighted by molar-refractivity contribution is 5.60. The van der Waals surface area contributed by atoms with E-state index in [0.29, 0.717) is 11.7 Å². The van der Waals surface area contributed by atoms with Crippen LogP contribution in [0.5, 0.6) is 0 Å². The van der Waals surface area contributed by atoms with E-state index in [9.17, 15) is 13.2 Å². The molecule has 0 amide bonds. The molecule has 4 rings (SSSR count). The van der Waals surface area contributed by atoms with Gasteiger partial charge in [0.15, 0.2) is 5.69 Å². The summed E-state index contributed by atoms with van der Waals surface area (Å²) >= 11 is 0. The largest absolute Gasteiger partial charge is 0.433 e. The van der Waals surface area contributed by atoms with Gasteiger partial charge >= 0.3 is 6.18 Å². The Bertz CT molecular complexity index is 906. The maximum Gasteiger partial charge on any atom is 0.433 e. The van der Waals surface area contributed by atoms with Crippen molar-refractivity contribution >= 4 is 17.3 Å². The van der Waals surface area contributed by atoms with E-state index >= 15 is 0 Å². The molecule has 1 fully saturated rings. The molecule has 0 aliphatic heterocycles. The summed E-state index contributed by atoms with van der Waals surface area (Å²) in [5.41, 5.74) is 0.505. The Morgan fingerprint density at radius 1 is 1.20 bits per heavy atom. The average Bonchev–Trinajstić information content (AvgIpc) is 3.28. The highest BCUT2D eigenvalue weighted by Gasteiger charge is 2.34. The summed E-state index contributed by atoms with van der Waals surface area (Å²) in [5, 5.41) is 11.3. The van der Waals surface area contributed by atoms with Crippen molar-refractivity contribution < 1.29 is 13.2 Å². The van der Waals surface area contributed by atoms with E-state index in [-0.39, 0.29) is 11.6 Å². The van der Waals surface area contributed by atoms with Crippen LogP contribution >= 0.6 is 0 Å². The molecular weight excluding hydrogens is 335 g/mol. The molecule has 0 radical (unpaired) electrons. The molecule has 0 spiro atoms. The quantitative estimate of drug-likeness (QED) is 0.782. The highest BCUT2D eigenvalue weighted by atomic mass is 19.4. The zero-order chi connectivity index (χ0) is 17.6. The molecule has 3 heterocycles. The molecule has 0 unspecified atom stereocenters. The molecule has 0 aromatic carbocycles. The summed E-state index contributed by atoms with van der Waals surface area (Å²) in [4.78, 5) is 7.27. The van der Waals surface area contributed by atoms with Crippen molar-refractivity contribution in [3.05, 3.63) is 30.0 Å². The maximum atomic E-state index is 13.1. The van der Waals surface area contributed by atoms with Gasteiger partial charge in [0.05, 0.1) is 23.6 Å². The second-order valence-corrected chi connectivity index (χ2v) is 6.15. The lowest BCUT2D eigenvalue weighted by Crippen LogP contribution is -2.12. The van der Waals surface area contributed by atoms with Gasteiger partial charge in [-0.25, -0.2) is 4.98 Å². The summed E-state index contributed by atoms with van der Waals surface area (Å²) in [7, 11) is 0. The van der Waals surface area contributed by atoms with Crippen molar-refractivity contribution in [2.45, 2.75) is 44.8 Å². The second kappa shape index (κ2) is 5.71. The van der Waals surface area contributed by atoms with Crippen LogP contribution in [-0.4, -0.2) is 29.4 Å². The number of halogens is 3. The maximum absolute atomic E-state index is 13.1. The summed E-state index contributed by atoms with van der Waals surface area (Å²) in [5.74, 6) is 0.0297. The van der Waals surface area contributed by atoms with Crippen LogP contribution in [0.1, 0.15) is 43.1 Å². The number of hydrogen-bond acceptors (Lipinski definition) is 5. The van der Waals surface area contributed by atoms with E-state index in [4.69, 9.17) is 0 Å². The standard InChI is InChI=1S/C15H16F3N7/c1-9-11(7-20-24(9)10-4-2-3-5-10)22-13-6-12(15(16,17)18)23-14-19-8-21-25(13)14/h6-8,10,22H,2-5H2,1H3. The third-order valence-corrected chi connectivity index (χ3v) is 4.52. The molecule has 1 aliphatic rings. The van der Waals surface area contributed by atoms with Gasteiger partial charge in [-0.05, 0) is 19.8 Å². The van der Waals surface area contributed by atoms with Crippen molar-refractivity contribution in [3.63, 3.8) is 0 Å². The van der Waals surface area contributed by atoms with E-state index in [1.807, 2.05) is 11.6 Å². The Labute approximate surface area is 140 Å². The van der Waals surface area contributed by atoms with Gasteiger partial charge in [0, 0.05) is 6.07 Å². The number of hydrogen-bond donors (Lipinski definition) is 1. The molecule has 0 atom stereocenters. The predicted molar refractivity (Wildman–Crippen MR) is 83.5 cm³/mol. The Hall–Kier alpha value is -2.65. The van der Waals surface area contributed by atoms with E-state index in [1.165, 1.54) is 23.7 Å². The van der Waals surface area contributed by atoms with Crippen molar-refractivity contribution in [2.24, 2.45) is 0 Å². The Morgan fingerprint density at radius 2 is 1.96 bits per heavy atom. The van der Waals surface area contributed by atoms with Gasteiger partial charge in [-0.1, -0.05) is 12.8 Å². The molecule has 7 nitrogen and oxygen atoms in total. The highest BCUT2D eigenvalue weighted by Crippen LogP contribution is 2.33. The zero-order valence-electron chi connectivity index (χ0n) is 13.5. The zero-order valence-corrected chi connectivity index (χ0v) is 13.5. The monoisotopic (exact) mass is 351 g/mol. The molecule has 25 heavy (non-hydrogen) atoms.